The predicted molar refractivity (Wildman–Crippen MR) is 105 cm³/mol. The first-order valence-corrected chi connectivity index (χ1v) is 9.25. The largest absolute Gasteiger partial charge is 0.434 e. The molecule has 1 aliphatic heterocycles. The van der Waals surface area contributed by atoms with Crippen molar-refractivity contribution in [3.8, 4) is 5.69 Å². The third kappa shape index (κ3) is 3.88. The van der Waals surface area contributed by atoms with Crippen LogP contribution in [-0.4, -0.2) is 21.6 Å². The zero-order chi connectivity index (χ0) is 21.5. The number of alkyl halides is 3. The van der Waals surface area contributed by atoms with Gasteiger partial charge in [0.25, 0.3) is 5.91 Å². The van der Waals surface area contributed by atoms with Crippen molar-refractivity contribution in [2.45, 2.75) is 19.0 Å². The molecule has 1 aliphatic rings. The van der Waals surface area contributed by atoms with Crippen LogP contribution in [0.15, 0.2) is 48.7 Å². The topological polar surface area (TPSA) is 76.0 Å². The molecule has 0 unspecified atom stereocenters. The molecule has 1 aromatic heterocycles. The zero-order valence-corrected chi connectivity index (χ0v) is 16.0. The lowest BCUT2D eigenvalue weighted by Gasteiger charge is -2.18. The summed E-state index contributed by atoms with van der Waals surface area (Å²) in [5, 5.41) is 9.18. The lowest BCUT2D eigenvalue weighted by atomic mass is 10.0. The van der Waals surface area contributed by atoms with Crippen LogP contribution in [-0.2, 0) is 17.4 Å². The van der Waals surface area contributed by atoms with Gasteiger partial charge in [0.05, 0.1) is 17.4 Å². The number of nitrogens with zero attached hydrogens (tertiary/aromatic N) is 2. The number of aromatic nitrogens is 2. The molecular formula is C20H14ClF3N4O2. The van der Waals surface area contributed by atoms with Crippen LogP contribution < -0.4 is 10.6 Å². The Labute approximate surface area is 173 Å². The van der Waals surface area contributed by atoms with Gasteiger partial charge in [-0.15, -0.1) is 0 Å². The first-order chi connectivity index (χ1) is 14.2. The number of halogens is 4. The Morgan fingerprint density at radius 1 is 1.17 bits per heavy atom. The van der Waals surface area contributed by atoms with Crippen molar-refractivity contribution in [1.29, 1.82) is 0 Å². The maximum Gasteiger partial charge on any atom is 0.434 e. The highest BCUT2D eigenvalue weighted by Gasteiger charge is 2.40. The van der Waals surface area contributed by atoms with Gasteiger partial charge in [-0.1, -0.05) is 17.7 Å². The number of hydrogen-bond donors (Lipinski definition) is 2. The highest BCUT2D eigenvalue weighted by Crippen LogP contribution is 2.34. The predicted octanol–water partition coefficient (Wildman–Crippen LogP) is 4.68. The van der Waals surface area contributed by atoms with Gasteiger partial charge < -0.3 is 10.6 Å². The highest BCUT2D eigenvalue weighted by molar-refractivity contribution is 6.30. The number of anilines is 2. The molecule has 30 heavy (non-hydrogen) atoms. The van der Waals surface area contributed by atoms with E-state index >= 15 is 0 Å². The number of fused-ring (bicyclic) bond motifs is 1. The number of rotatable bonds is 3. The summed E-state index contributed by atoms with van der Waals surface area (Å²) >= 11 is 5.88. The standard InChI is InChI=1S/C20H14ClF3N4O2/c21-12-2-1-3-14(9-12)28-18(20(22,23)24)15(10-25-28)19(30)26-13-5-6-16-11(8-13)4-7-17(29)27-16/h1-3,5-6,8-10H,4,7H2,(H,26,30)(H,27,29). The molecule has 0 saturated heterocycles. The molecule has 2 amide bonds. The molecule has 0 spiro atoms. The lowest BCUT2D eigenvalue weighted by Crippen LogP contribution is -2.21. The molecule has 0 radical (unpaired) electrons. The number of carbonyl (C=O) groups excluding carboxylic acids is 2. The number of amides is 2. The number of aryl methyl sites for hydroxylation is 1. The Balaban J connectivity index is 1.67. The zero-order valence-electron chi connectivity index (χ0n) is 15.3. The Morgan fingerprint density at radius 2 is 1.97 bits per heavy atom. The Hall–Kier alpha value is -3.33. The smallest absolute Gasteiger partial charge is 0.326 e. The molecule has 0 fully saturated rings. The molecule has 0 aliphatic carbocycles. The van der Waals surface area contributed by atoms with Gasteiger partial charge in [0, 0.05) is 22.8 Å². The van der Waals surface area contributed by atoms with Crippen molar-refractivity contribution < 1.29 is 22.8 Å². The van der Waals surface area contributed by atoms with E-state index in [1.807, 2.05) is 0 Å². The summed E-state index contributed by atoms with van der Waals surface area (Å²) in [4.78, 5) is 24.1. The van der Waals surface area contributed by atoms with Crippen LogP contribution in [0.5, 0.6) is 0 Å². The minimum atomic E-state index is -4.83. The van der Waals surface area contributed by atoms with E-state index in [9.17, 15) is 22.8 Å². The molecule has 154 valence electrons. The second-order valence-corrected chi connectivity index (χ2v) is 7.11. The molecule has 2 N–H and O–H groups in total. The summed E-state index contributed by atoms with van der Waals surface area (Å²) < 4.78 is 42.0. The van der Waals surface area contributed by atoms with Crippen molar-refractivity contribution in [3.63, 3.8) is 0 Å². The number of nitrogens with one attached hydrogen (secondary N) is 2. The lowest BCUT2D eigenvalue weighted by molar-refractivity contribution is -0.143. The fourth-order valence-electron chi connectivity index (χ4n) is 3.25. The monoisotopic (exact) mass is 434 g/mol. The summed E-state index contributed by atoms with van der Waals surface area (Å²) in [6, 6.07) is 10.5. The molecule has 0 atom stereocenters. The van der Waals surface area contributed by atoms with Crippen molar-refractivity contribution in [3.05, 3.63) is 70.5 Å². The molecule has 4 rings (SSSR count). The quantitative estimate of drug-likeness (QED) is 0.628. The second kappa shape index (κ2) is 7.49. The Bertz CT molecular complexity index is 1160. The third-order valence-electron chi connectivity index (χ3n) is 4.59. The van der Waals surface area contributed by atoms with Crippen LogP contribution in [0, 0.1) is 0 Å². The molecule has 10 heteroatoms. The maximum absolute atomic E-state index is 13.8. The average molecular weight is 435 g/mol. The van der Waals surface area contributed by atoms with Crippen LogP contribution in [0.3, 0.4) is 0 Å². The van der Waals surface area contributed by atoms with Gasteiger partial charge in [-0.25, -0.2) is 4.68 Å². The van der Waals surface area contributed by atoms with E-state index in [0.29, 0.717) is 28.9 Å². The molecule has 0 saturated carbocycles. The summed E-state index contributed by atoms with van der Waals surface area (Å²) in [7, 11) is 0. The fraction of sp³-hybridized carbons (Fsp3) is 0.150. The molecule has 2 heterocycles. The molecule has 6 nitrogen and oxygen atoms in total. The van der Waals surface area contributed by atoms with Gasteiger partial charge in [-0.2, -0.15) is 18.3 Å². The van der Waals surface area contributed by atoms with E-state index in [0.717, 1.165) is 11.8 Å². The minimum absolute atomic E-state index is 0.0818. The molecule has 0 bridgehead atoms. The van der Waals surface area contributed by atoms with E-state index in [4.69, 9.17) is 11.6 Å². The van der Waals surface area contributed by atoms with Gasteiger partial charge in [-0.3, -0.25) is 9.59 Å². The average Bonchev–Trinajstić information content (AvgIpc) is 3.14. The number of carbonyl (C=O) groups is 2. The molecule has 2 aromatic carbocycles. The Kier molecular flexibility index (Phi) is 4.98. The van der Waals surface area contributed by atoms with Crippen molar-refractivity contribution in [2.75, 3.05) is 10.6 Å². The first kappa shape index (κ1) is 20.0. The normalized spacial score (nSPS) is 13.5. The van der Waals surface area contributed by atoms with E-state index in [2.05, 4.69) is 15.7 Å². The minimum Gasteiger partial charge on any atom is -0.326 e. The second-order valence-electron chi connectivity index (χ2n) is 6.67. The van der Waals surface area contributed by atoms with Crippen LogP contribution in [0.25, 0.3) is 5.69 Å². The van der Waals surface area contributed by atoms with E-state index in [1.165, 1.54) is 30.3 Å². The van der Waals surface area contributed by atoms with E-state index < -0.39 is 23.3 Å². The van der Waals surface area contributed by atoms with Crippen LogP contribution in [0.1, 0.15) is 28.0 Å². The molecule has 3 aromatic rings. The van der Waals surface area contributed by atoms with E-state index in [1.54, 1.807) is 12.1 Å². The van der Waals surface area contributed by atoms with E-state index in [-0.39, 0.29) is 16.6 Å². The van der Waals surface area contributed by atoms with Crippen molar-refractivity contribution in [2.24, 2.45) is 0 Å². The van der Waals surface area contributed by atoms with Crippen molar-refractivity contribution in [1.82, 2.24) is 9.78 Å². The summed E-state index contributed by atoms with van der Waals surface area (Å²) in [5.74, 6) is -1.06. The fourth-order valence-corrected chi connectivity index (χ4v) is 3.44. The van der Waals surface area contributed by atoms with Gasteiger partial charge in [0.2, 0.25) is 5.91 Å². The van der Waals surface area contributed by atoms with Gasteiger partial charge in [-0.05, 0) is 48.4 Å². The number of hydrogen-bond acceptors (Lipinski definition) is 3. The summed E-state index contributed by atoms with van der Waals surface area (Å²) in [5.41, 5.74) is -0.00927. The maximum atomic E-state index is 13.8. The van der Waals surface area contributed by atoms with Gasteiger partial charge in [0.1, 0.15) is 0 Å². The molecular weight excluding hydrogens is 421 g/mol. The van der Waals surface area contributed by atoms with Crippen LogP contribution >= 0.6 is 11.6 Å². The van der Waals surface area contributed by atoms with Crippen LogP contribution in [0.4, 0.5) is 24.5 Å². The summed E-state index contributed by atoms with van der Waals surface area (Å²) in [6.45, 7) is 0. The first-order valence-electron chi connectivity index (χ1n) is 8.87. The van der Waals surface area contributed by atoms with Gasteiger partial charge >= 0.3 is 6.18 Å². The van der Waals surface area contributed by atoms with Crippen LogP contribution in [0.2, 0.25) is 5.02 Å². The summed E-state index contributed by atoms with van der Waals surface area (Å²) in [6.07, 6.45) is -3.18. The SMILES string of the molecule is O=C1CCc2cc(NC(=O)c3cnn(-c4cccc(Cl)c4)c3C(F)(F)F)ccc2N1. The van der Waals surface area contributed by atoms with Crippen molar-refractivity contribution >= 4 is 34.8 Å². The van der Waals surface area contributed by atoms with Gasteiger partial charge in [0.15, 0.2) is 5.69 Å². The number of benzene rings is 2. The third-order valence-corrected chi connectivity index (χ3v) is 4.83. The Morgan fingerprint density at radius 3 is 2.70 bits per heavy atom. The highest BCUT2D eigenvalue weighted by atomic mass is 35.5.